The molecule has 0 heterocycles. The first-order valence-corrected chi connectivity index (χ1v) is 5.20. The molecule has 0 amide bonds. The van der Waals surface area contributed by atoms with Crippen molar-refractivity contribution in [3.05, 3.63) is 29.1 Å². The Balaban J connectivity index is 3.11. The van der Waals surface area contributed by atoms with Crippen molar-refractivity contribution < 1.29 is 23.8 Å². The van der Waals surface area contributed by atoms with Gasteiger partial charge in [0.25, 0.3) is 0 Å². The third-order valence-electron chi connectivity index (χ3n) is 2.32. The lowest BCUT2D eigenvalue weighted by Crippen LogP contribution is -2.16. The first kappa shape index (κ1) is 13.4. The van der Waals surface area contributed by atoms with E-state index in [1.165, 1.54) is 20.1 Å². The molecule has 5 heteroatoms. The summed E-state index contributed by atoms with van der Waals surface area (Å²) in [4.78, 5) is 11.4. The van der Waals surface area contributed by atoms with Crippen LogP contribution in [-0.4, -0.2) is 24.8 Å². The Morgan fingerprint density at radius 2 is 2.18 bits per heavy atom. The summed E-state index contributed by atoms with van der Waals surface area (Å²) in [6, 6.07) is 2.50. The van der Waals surface area contributed by atoms with Gasteiger partial charge in [-0.3, -0.25) is 0 Å². The van der Waals surface area contributed by atoms with Crippen molar-refractivity contribution in [2.45, 2.75) is 20.0 Å². The fraction of sp³-hybridized carbons (Fsp3) is 0.417. The summed E-state index contributed by atoms with van der Waals surface area (Å²) >= 11 is 0. The molecule has 0 saturated heterocycles. The summed E-state index contributed by atoms with van der Waals surface area (Å²) < 4.78 is 22.9. The minimum absolute atomic E-state index is 0.119. The molecule has 1 aromatic carbocycles. The monoisotopic (exact) mass is 242 g/mol. The normalized spacial score (nSPS) is 12.1. The predicted octanol–water partition coefficient (Wildman–Crippen LogP) is 1.74. The van der Waals surface area contributed by atoms with E-state index in [1.807, 2.05) is 0 Å². The van der Waals surface area contributed by atoms with Gasteiger partial charge < -0.3 is 14.6 Å². The highest BCUT2D eigenvalue weighted by atomic mass is 19.1. The smallest absolute Gasteiger partial charge is 0.339 e. The lowest BCUT2D eigenvalue weighted by atomic mass is 10.0. The van der Waals surface area contributed by atoms with Gasteiger partial charge in [-0.25, -0.2) is 9.18 Å². The van der Waals surface area contributed by atoms with Crippen LogP contribution in [0.4, 0.5) is 4.39 Å². The van der Waals surface area contributed by atoms with Crippen LogP contribution in [0.15, 0.2) is 12.1 Å². The fourth-order valence-electron chi connectivity index (χ4n) is 1.42. The summed E-state index contributed by atoms with van der Waals surface area (Å²) in [5, 5.41) is 9.77. The van der Waals surface area contributed by atoms with Crippen LogP contribution in [0.3, 0.4) is 0 Å². The Morgan fingerprint density at radius 3 is 2.71 bits per heavy atom. The highest BCUT2D eigenvalue weighted by Crippen LogP contribution is 2.28. The summed E-state index contributed by atoms with van der Waals surface area (Å²) in [7, 11) is 1.34. The van der Waals surface area contributed by atoms with Crippen LogP contribution in [0, 0.1) is 12.7 Å². The summed E-state index contributed by atoms with van der Waals surface area (Å²) in [6.45, 7) is 3.34. The van der Waals surface area contributed by atoms with Crippen molar-refractivity contribution in [3.63, 3.8) is 0 Å². The first-order chi connectivity index (χ1) is 8.01. The molecule has 0 aliphatic carbocycles. The molecular formula is C12H15FO4. The zero-order valence-electron chi connectivity index (χ0n) is 9.99. The molecule has 1 atom stereocenters. The Labute approximate surface area is 99.0 Å². The second-order valence-electron chi connectivity index (χ2n) is 3.50. The van der Waals surface area contributed by atoms with E-state index in [4.69, 9.17) is 4.74 Å². The molecule has 4 nitrogen and oxygen atoms in total. The van der Waals surface area contributed by atoms with E-state index in [0.29, 0.717) is 5.56 Å². The van der Waals surface area contributed by atoms with Gasteiger partial charge in [-0.05, 0) is 25.5 Å². The number of rotatable bonds is 4. The van der Waals surface area contributed by atoms with Crippen LogP contribution in [0.5, 0.6) is 5.75 Å². The number of benzene rings is 1. The number of halogens is 1. The van der Waals surface area contributed by atoms with Gasteiger partial charge in [0.05, 0.1) is 13.7 Å². The van der Waals surface area contributed by atoms with Crippen molar-refractivity contribution in [3.8, 4) is 5.75 Å². The van der Waals surface area contributed by atoms with Crippen LogP contribution in [-0.2, 0) is 9.53 Å². The molecule has 0 aliphatic rings. The Kier molecular flexibility index (Phi) is 4.45. The van der Waals surface area contributed by atoms with Gasteiger partial charge in [0.2, 0.25) is 0 Å². The summed E-state index contributed by atoms with van der Waals surface area (Å²) in [5.74, 6) is -1.12. The van der Waals surface area contributed by atoms with E-state index in [2.05, 4.69) is 4.74 Å². The van der Waals surface area contributed by atoms with Gasteiger partial charge in [0.1, 0.15) is 11.6 Å². The number of aliphatic hydroxyl groups excluding tert-OH is 1. The maximum absolute atomic E-state index is 13.3. The topological polar surface area (TPSA) is 55.8 Å². The van der Waals surface area contributed by atoms with E-state index in [9.17, 15) is 14.3 Å². The molecule has 17 heavy (non-hydrogen) atoms. The molecular weight excluding hydrogens is 227 g/mol. The Hall–Kier alpha value is -1.62. The van der Waals surface area contributed by atoms with Crippen LogP contribution < -0.4 is 4.74 Å². The van der Waals surface area contributed by atoms with Crippen LogP contribution >= 0.6 is 0 Å². The predicted molar refractivity (Wildman–Crippen MR) is 59.3 cm³/mol. The number of aliphatic hydroxyl groups is 1. The Bertz CT molecular complexity index is 417. The molecule has 1 rings (SSSR count). The third kappa shape index (κ3) is 2.94. The van der Waals surface area contributed by atoms with Gasteiger partial charge in [0.15, 0.2) is 6.10 Å². The number of aryl methyl sites for hydroxylation is 1. The highest BCUT2D eigenvalue weighted by molar-refractivity contribution is 5.77. The van der Waals surface area contributed by atoms with E-state index < -0.39 is 17.9 Å². The van der Waals surface area contributed by atoms with Gasteiger partial charge in [-0.15, -0.1) is 0 Å². The molecule has 0 radical (unpaired) electrons. The van der Waals surface area contributed by atoms with Gasteiger partial charge in [-0.1, -0.05) is 0 Å². The minimum atomic E-state index is -1.47. The third-order valence-corrected chi connectivity index (χ3v) is 2.32. The average Bonchev–Trinajstić information content (AvgIpc) is 2.31. The Morgan fingerprint density at radius 1 is 1.53 bits per heavy atom. The fourth-order valence-corrected chi connectivity index (χ4v) is 1.42. The lowest BCUT2D eigenvalue weighted by Gasteiger charge is -2.14. The van der Waals surface area contributed by atoms with Crippen LogP contribution in [0.1, 0.15) is 24.2 Å². The second-order valence-corrected chi connectivity index (χ2v) is 3.50. The quantitative estimate of drug-likeness (QED) is 0.817. The average molecular weight is 242 g/mol. The van der Waals surface area contributed by atoms with E-state index in [1.54, 1.807) is 6.92 Å². The van der Waals surface area contributed by atoms with E-state index in [-0.39, 0.29) is 17.9 Å². The maximum Gasteiger partial charge on any atom is 0.339 e. The van der Waals surface area contributed by atoms with Crippen molar-refractivity contribution in [1.82, 2.24) is 0 Å². The van der Waals surface area contributed by atoms with Gasteiger partial charge in [-0.2, -0.15) is 0 Å². The summed E-state index contributed by atoms with van der Waals surface area (Å²) in [6.07, 6.45) is -1.47. The number of carbonyl (C=O) groups excluding carboxylic acids is 1. The number of ether oxygens (including phenoxy) is 2. The molecule has 0 saturated carbocycles. The number of carbonyl (C=O) groups is 1. The van der Waals surface area contributed by atoms with E-state index in [0.717, 1.165) is 6.07 Å². The maximum atomic E-state index is 13.3. The van der Waals surface area contributed by atoms with Crippen LogP contribution in [0.2, 0.25) is 0 Å². The number of hydrogen-bond donors (Lipinski definition) is 1. The van der Waals surface area contributed by atoms with Gasteiger partial charge in [0, 0.05) is 11.6 Å². The zero-order valence-corrected chi connectivity index (χ0v) is 9.99. The highest BCUT2D eigenvalue weighted by Gasteiger charge is 2.23. The molecule has 1 unspecified atom stereocenters. The van der Waals surface area contributed by atoms with Crippen molar-refractivity contribution in [2.24, 2.45) is 0 Å². The standard InChI is InChI=1S/C12H15FO4/c1-4-17-12(15)11(14)8-5-7(2)9(13)6-10(8)16-3/h5-6,11,14H,4H2,1-3H3. The SMILES string of the molecule is CCOC(=O)C(O)c1cc(C)c(F)cc1OC. The van der Waals surface area contributed by atoms with Crippen LogP contribution in [0.25, 0.3) is 0 Å². The van der Waals surface area contributed by atoms with Crippen molar-refractivity contribution in [1.29, 1.82) is 0 Å². The van der Waals surface area contributed by atoms with Crippen molar-refractivity contribution in [2.75, 3.05) is 13.7 Å². The zero-order chi connectivity index (χ0) is 13.0. The number of esters is 1. The second kappa shape index (κ2) is 5.63. The number of methoxy groups -OCH3 is 1. The molecule has 0 bridgehead atoms. The molecule has 1 aromatic rings. The van der Waals surface area contributed by atoms with Crippen molar-refractivity contribution >= 4 is 5.97 Å². The largest absolute Gasteiger partial charge is 0.496 e. The molecule has 0 fully saturated rings. The first-order valence-electron chi connectivity index (χ1n) is 5.20. The molecule has 0 aliphatic heterocycles. The van der Waals surface area contributed by atoms with E-state index >= 15 is 0 Å². The molecule has 1 N–H and O–H groups in total. The molecule has 0 spiro atoms. The molecule has 0 aromatic heterocycles. The van der Waals surface area contributed by atoms with Gasteiger partial charge >= 0.3 is 5.97 Å². The lowest BCUT2D eigenvalue weighted by molar-refractivity contribution is -0.153. The molecule has 94 valence electrons. The number of hydrogen-bond acceptors (Lipinski definition) is 4. The minimum Gasteiger partial charge on any atom is -0.496 e. The summed E-state index contributed by atoms with van der Waals surface area (Å²) in [5.41, 5.74) is 0.522.